The van der Waals surface area contributed by atoms with Gasteiger partial charge in [0.25, 0.3) is 0 Å². The number of nitrogens with zero attached hydrogens (tertiary/aromatic N) is 1. The fourth-order valence-electron chi connectivity index (χ4n) is 3.39. The molecule has 2 aliphatic heterocycles. The standard InChI is InChI=1S/C17H21ClN2O2/c18-14-6-4-12(5-7-14)2-1-3-17(22)20-9-8-13-10-16(21)19-15(13)11-20/h4-7,13,15H,1-3,8-11H2,(H,19,21)/t13-,15-/m1/s1. The number of carbonyl (C=O) groups is 2. The summed E-state index contributed by atoms with van der Waals surface area (Å²) in [6.45, 7) is 1.46. The quantitative estimate of drug-likeness (QED) is 0.926. The molecular formula is C17H21ClN2O2. The predicted octanol–water partition coefficient (Wildman–Crippen LogP) is 2.40. The number of hydrogen-bond donors (Lipinski definition) is 1. The minimum atomic E-state index is 0.132. The maximum atomic E-state index is 12.3. The highest BCUT2D eigenvalue weighted by molar-refractivity contribution is 6.30. The average molecular weight is 321 g/mol. The van der Waals surface area contributed by atoms with Crippen LogP contribution in [0.2, 0.25) is 5.02 Å². The minimum absolute atomic E-state index is 0.132. The average Bonchev–Trinajstić information content (AvgIpc) is 2.88. The number of hydrogen-bond acceptors (Lipinski definition) is 2. The van der Waals surface area contributed by atoms with E-state index in [2.05, 4.69) is 5.32 Å². The fourth-order valence-corrected chi connectivity index (χ4v) is 3.52. The van der Waals surface area contributed by atoms with Crippen LogP contribution in [-0.2, 0) is 16.0 Å². The lowest BCUT2D eigenvalue weighted by atomic mass is 9.92. The van der Waals surface area contributed by atoms with Crippen molar-refractivity contribution < 1.29 is 9.59 Å². The summed E-state index contributed by atoms with van der Waals surface area (Å²) in [4.78, 5) is 25.6. The molecule has 0 aliphatic carbocycles. The molecule has 2 amide bonds. The van der Waals surface area contributed by atoms with Crippen LogP contribution in [0.3, 0.4) is 0 Å². The lowest BCUT2D eigenvalue weighted by Gasteiger charge is -2.34. The Kier molecular flexibility index (Phi) is 4.67. The Morgan fingerprint density at radius 3 is 2.86 bits per heavy atom. The van der Waals surface area contributed by atoms with Gasteiger partial charge in [0.2, 0.25) is 11.8 Å². The van der Waals surface area contributed by atoms with Crippen molar-refractivity contribution in [1.82, 2.24) is 10.2 Å². The summed E-state index contributed by atoms with van der Waals surface area (Å²) >= 11 is 5.86. The maximum absolute atomic E-state index is 12.3. The molecule has 0 radical (unpaired) electrons. The van der Waals surface area contributed by atoms with Crippen LogP contribution < -0.4 is 5.32 Å². The van der Waals surface area contributed by atoms with Crippen LogP contribution in [-0.4, -0.2) is 35.8 Å². The van der Waals surface area contributed by atoms with Crippen LogP contribution in [0, 0.1) is 5.92 Å². The highest BCUT2D eigenvalue weighted by Crippen LogP contribution is 2.26. The molecule has 3 rings (SSSR count). The number of piperidine rings is 1. The van der Waals surface area contributed by atoms with Crippen LogP contribution in [0.4, 0.5) is 0 Å². The molecule has 0 spiro atoms. The zero-order valence-corrected chi connectivity index (χ0v) is 13.3. The van der Waals surface area contributed by atoms with Gasteiger partial charge in [-0.25, -0.2) is 0 Å². The summed E-state index contributed by atoms with van der Waals surface area (Å²) in [5.41, 5.74) is 1.21. The first-order valence-corrected chi connectivity index (χ1v) is 8.31. The minimum Gasteiger partial charge on any atom is -0.351 e. The molecule has 0 unspecified atom stereocenters. The largest absolute Gasteiger partial charge is 0.351 e. The SMILES string of the molecule is O=C1C[C@H]2CCN(C(=O)CCCc3ccc(Cl)cc3)C[C@H]2N1. The van der Waals surface area contributed by atoms with Crippen LogP contribution in [0.15, 0.2) is 24.3 Å². The molecule has 4 nitrogen and oxygen atoms in total. The van der Waals surface area contributed by atoms with Crippen LogP contribution in [0.1, 0.15) is 31.2 Å². The topological polar surface area (TPSA) is 49.4 Å². The number of nitrogens with one attached hydrogen (secondary N) is 1. The summed E-state index contributed by atoms with van der Waals surface area (Å²) in [6, 6.07) is 7.94. The second kappa shape index (κ2) is 6.69. The second-order valence-electron chi connectivity index (χ2n) is 6.25. The van der Waals surface area contributed by atoms with Crippen LogP contribution in [0.5, 0.6) is 0 Å². The van der Waals surface area contributed by atoms with E-state index < -0.39 is 0 Å². The number of benzene rings is 1. The lowest BCUT2D eigenvalue weighted by molar-refractivity contribution is -0.133. The molecule has 2 aliphatic rings. The molecule has 2 saturated heterocycles. The van der Waals surface area contributed by atoms with Gasteiger partial charge in [0.1, 0.15) is 0 Å². The first kappa shape index (κ1) is 15.3. The van der Waals surface area contributed by atoms with Crippen molar-refractivity contribution >= 4 is 23.4 Å². The van der Waals surface area contributed by atoms with E-state index in [0.717, 1.165) is 30.8 Å². The molecule has 0 saturated carbocycles. The maximum Gasteiger partial charge on any atom is 0.222 e. The predicted molar refractivity (Wildman–Crippen MR) is 85.6 cm³/mol. The number of likely N-dealkylation sites (tertiary alicyclic amines) is 1. The fraction of sp³-hybridized carbons (Fsp3) is 0.529. The molecule has 118 valence electrons. The van der Waals surface area contributed by atoms with Gasteiger partial charge in [-0.3, -0.25) is 9.59 Å². The molecule has 0 bridgehead atoms. The van der Waals surface area contributed by atoms with E-state index in [1.54, 1.807) is 0 Å². The van der Waals surface area contributed by atoms with Crippen molar-refractivity contribution in [2.24, 2.45) is 5.92 Å². The van der Waals surface area contributed by atoms with E-state index in [4.69, 9.17) is 11.6 Å². The first-order valence-electron chi connectivity index (χ1n) is 7.93. The van der Waals surface area contributed by atoms with Crippen molar-refractivity contribution in [2.45, 2.75) is 38.1 Å². The molecule has 2 atom stereocenters. The zero-order chi connectivity index (χ0) is 15.5. The molecule has 2 heterocycles. The van der Waals surface area contributed by atoms with Crippen molar-refractivity contribution in [3.05, 3.63) is 34.9 Å². The van der Waals surface area contributed by atoms with Crippen molar-refractivity contribution in [2.75, 3.05) is 13.1 Å². The van der Waals surface area contributed by atoms with Crippen LogP contribution in [0.25, 0.3) is 0 Å². The number of halogens is 1. The van der Waals surface area contributed by atoms with E-state index in [1.807, 2.05) is 29.2 Å². The Labute approximate surface area is 135 Å². The molecule has 1 N–H and O–H groups in total. The Morgan fingerprint density at radius 2 is 2.09 bits per heavy atom. The van der Waals surface area contributed by atoms with Gasteiger partial charge in [0.05, 0.1) is 0 Å². The highest BCUT2D eigenvalue weighted by Gasteiger charge is 2.37. The Bertz CT molecular complexity index is 558. The van der Waals surface area contributed by atoms with Gasteiger partial charge in [-0.15, -0.1) is 0 Å². The summed E-state index contributed by atoms with van der Waals surface area (Å²) < 4.78 is 0. The summed E-state index contributed by atoms with van der Waals surface area (Å²) in [6.07, 6.45) is 3.86. The van der Waals surface area contributed by atoms with Gasteiger partial charge in [-0.1, -0.05) is 23.7 Å². The van der Waals surface area contributed by atoms with Gasteiger partial charge >= 0.3 is 0 Å². The number of fused-ring (bicyclic) bond motifs is 1. The monoisotopic (exact) mass is 320 g/mol. The number of rotatable bonds is 4. The molecule has 2 fully saturated rings. The normalized spacial score (nSPS) is 24.0. The van der Waals surface area contributed by atoms with E-state index in [1.165, 1.54) is 5.56 Å². The Hall–Kier alpha value is -1.55. The van der Waals surface area contributed by atoms with E-state index in [0.29, 0.717) is 25.3 Å². The molecule has 22 heavy (non-hydrogen) atoms. The molecule has 5 heteroatoms. The van der Waals surface area contributed by atoms with Gasteiger partial charge in [-0.2, -0.15) is 0 Å². The Morgan fingerprint density at radius 1 is 1.32 bits per heavy atom. The van der Waals surface area contributed by atoms with E-state index in [9.17, 15) is 9.59 Å². The highest BCUT2D eigenvalue weighted by atomic mass is 35.5. The van der Waals surface area contributed by atoms with Crippen molar-refractivity contribution in [3.63, 3.8) is 0 Å². The van der Waals surface area contributed by atoms with Crippen LogP contribution >= 0.6 is 11.6 Å². The number of amides is 2. The summed E-state index contributed by atoms with van der Waals surface area (Å²) in [5.74, 6) is 0.756. The zero-order valence-electron chi connectivity index (χ0n) is 12.6. The molecule has 0 aromatic heterocycles. The summed E-state index contributed by atoms with van der Waals surface area (Å²) in [7, 11) is 0. The van der Waals surface area contributed by atoms with E-state index >= 15 is 0 Å². The number of aryl methyl sites for hydroxylation is 1. The van der Waals surface area contributed by atoms with E-state index in [-0.39, 0.29) is 17.9 Å². The van der Waals surface area contributed by atoms with Crippen molar-refractivity contribution in [1.29, 1.82) is 0 Å². The molecular weight excluding hydrogens is 300 g/mol. The van der Waals surface area contributed by atoms with Gasteiger partial charge in [0, 0.05) is 37.0 Å². The van der Waals surface area contributed by atoms with Gasteiger partial charge in [0.15, 0.2) is 0 Å². The second-order valence-corrected chi connectivity index (χ2v) is 6.68. The smallest absolute Gasteiger partial charge is 0.222 e. The lowest BCUT2D eigenvalue weighted by Crippen LogP contribution is -2.49. The number of carbonyl (C=O) groups excluding carboxylic acids is 2. The van der Waals surface area contributed by atoms with Gasteiger partial charge in [-0.05, 0) is 42.9 Å². The Balaban J connectivity index is 1.44. The first-order chi connectivity index (χ1) is 10.6. The molecule has 1 aromatic rings. The van der Waals surface area contributed by atoms with Gasteiger partial charge < -0.3 is 10.2 Å². The summed E-state index contributed by atoms with van der Waals surface area (Å²) in [5, 5.41) is 3.72. The third-order valence-corrected chi connectivity index (χ3v) is 4.92. The van der Waals surface area contributed by atoms with Crippen molar-refractivity contribution in [3.8, 4) is 0 Å². The molecule has 1 aromatic carbocycles. The third kappa shape index (κ3) is 3.61. The third-order valence-electron chi connectivity index (χ3n) is 4.67.